The summed E-state index contributed by atoms with van der Waals surface area (Å²) in [7, 11) is -3.64. The molecule has 1 fully saturated rings. The zero-order chi connectivity index (χ0) is 15.5. The Kier molecular flexibility index (Phi) is 5.35. The average Bonchev–Trinajstić information content (AvgIpc) is 3.24. The first-order valence-electron chi connectivity index (χ1n) is 7.43. The normalized spacial score (nSPS) is 15.4. The van der Waals surface area contributed by atoms with Crippen LogP contribution in [0.2, 0.25) is 0 Å². The van der Waals surface area contributed by atoms with Gasteiger partial charge >= 0.3 is 0 Å². The Morgan fingerprint density at radius 3 is 2.67 bits per heavy atom. The van der Waals surface area contributed by atoms with Crippen LogP contribution in [0.4, 0.5) is 4.39 Å². The summed E-state index contributed by atoms with van der Waals surface area (Å²) in [6, 6.07) is 2.97. The molecule has 2 N–H and O–H groups in total. The van der Waals surface area contributed by atoms with E-state index < -0.39 is 15.8 Å². The van der Waals surface area contributed by atoms with Crippen molar-refractivity contribution in [2.24, 2.45) is 5.92 Å². The summed E-state index contributed by atoms with van der Waals surface area (Å²) in [5.41, 5.74) is 0.830. The molecule has 118 valence electrons. The van der Waals surface area contributed by atoms with Gasteiger partial charge in [-0.2, -0.15) is 0 Å². The highest BCUT2D eigenvalue weighted by molar-refractivity contribution is 7.89. The van der Waals surface area contributed by atoms with Crippen LogP contribution < -0.4 is 10.0 Å². The van der Waals surface area contributed by atoms with Crippen LogP contribution in [0.5, 0.6) is 0 Å². The molecular weight excluding hydrogens is 291 g/mol. The van der Waals surface area contributed by atoms with Crippen molar-refractivity contribution >= 4 is 10.0 Å². The molecule has 1 aromatic rings. The number of rotatable bonds is 8. The second-order valence-corrected chi connectivity index (χ2v) is 7.41. The highest BCUT2D eigenvalue weighted by atomic mass is 32.2. The van der Waals surface area contributed by atoms with Gasteiger partial charge in [-0.15, -0.1) is 0 Å². The SMILES string of the molecule is CCCNCc1cc(F)c(C)c(S(=O)(=O)NCC2CC2)c1. The van der Waals surface area contributed by atoms with Gasteiger partial charge in [0.25, 0.3) is 0 Å². The van der Waals surface area contributed by atoms with Gasteiger partial charge in [0, 0.05) is 18.7 Å². The van der Waals surface area contributed by atoms with E-state index in [-0.39, 0.29) is 10.5 Å². The van der Waals surface area contributed by atoms with Crippen LogP contribution in [0.15, 0.2) is 17.0 Å². The van der Waals surface area contributed by atoms with E-state index in [4.69, 9.17) is 0 Å². The maximum atomic E-state index is 14.0. The van der Waals surface area contributed by atoms with Crippen LogP contribution in [-0.2, 0) is 16.6 Å². The summed E-state index contributed by atoms with van der Waals surface area (Å²) < 4.78 is 41.2. The van der Waals surface area contributed by atoms with Crippen LogP contribution >= 0.6 is 0 Å². The molecule has 0 amide bonds. The first-order valence-corrected chi connectivity index (χ1v) is 8.91. The molecule has 21 heavy (non-hydrogen) atoms. The van der Waals surface area contributed by atoms with E-state index in [0.717, 1.165) is 25.8 Å². The number of hydrogen-bond donors (Lipinski definition) is 2. The fraction of sp³-hybridized carbons (Fsp3) is 0.600. The second-order valence-electron chi connectivity index (χ2n) is 5.67. The Labute approximate surface area is 126 Å². The fourth-order valence-corrected chi connectivity index (χ4v) is 3.54. The zero-order valence-electron chi connectivity index (χ0n) is 12.6. The molecule has 1 aliphatic carbocycles. The fourth-order valence-electron chi connectivity index (χ4n) is 2.12. The van der Waals surface area contributed by atoms with E-state index in [1.54, 1.807) is 6.07 Å². The number of sulfonamides is 1. The lowest BCUT2D eigenvalue weighted by atomic mass is 10.1. The Hall–Kier alpha value is -0.980. The Morgan fingerprint density at radius 1 is 1.33 bits per heavy atom. The first-order chi connectivity index (χ1) is 9.94. The van der Waals surface area contributed by atoms with Crippen LogP contribution in [0, 0.1) is 18.7 Å². The molecule has 1 saturated carbocycles. The van der Waals surface area contributed by atoms with Gasteiger partial charge < -0.3 is 5.32 Å². The van der Waals surface area contributed by atoms with Crippen molar-refractivity contribution < 1.29 is 12.8 Å². The van der Waals surface area contributed by atoms with E-state index >= 15 is 0 Å². The molecule has 0 atom stereocenters. The van der Waals surface area contributed by atoms with Gasteiger partial charge in [-0.05, 0) is 56.3 Å². The van der Waals surface area contributed by atoms with E-state index in [1.807, 2.05) is 6.92 Å². The van der Waals surface area contributed by atoms with Crippen molar-refractivity contribution in [1.29, 1.82) is 0 Å². The molecule has 0 spiro atoms. The van der Waals surface area contributed by atoms with E-state index in [2.05, 4.69) is 10.0 Å². The van der Waals surface area contributed by atoms with Gasteiger partial charge in [0.15, 0.2) is 0 Å². The molecule has 2 rings (SSSR count). The number of hydrogen-bond acceptors (Lipinski definition) is 3. The number of benzene rings is 1. The van der Waals surface area contributed by atoms with Crippen LogP contribution in [0.25, 0.3) is 0 Å². The minimum atomic E-state index is -3.64. The van der Waals surface area contributed by atoms with E-state index in [0.29, 0.717) is 24.6 Å². The topological polar surface area (TPSA) is 58.2 Å². The Bertz CT molecular complexity index is 598. The monoisotopic (exact) mass is 314 g/mol. The van der Waals surface area contributed by atoms with Gasteiger partial charge in [0.1, 0.15) is 5.82 Å². The van der Waals surface area contributed by atoms with Crippen molar-refractivity contribution in [2.75, 3.05) is 13.1 Å². The standard InChI is InChI=1S/C15H23FN2O2S/c1-3-6-17-9-13-7-14(16)11(2)15(8-13)21(19,20)18-10-12-4-5-12/h7-8,12,17-18H,3-6,9-10H2,1-2H3. The summed E-state index contributed by atoms with van der Waals surface area (Å²) in [5, 5.41) is 3.16. The first kappa shape index (κ1) is 16.4. The molecule has 0 radical (unpaired) electrons. The lowest BCUT2D eigenvalue weighted by Crippen LogP contribution is -2.27. The molecular formula is C15H23FN2O2S. The molecule has 0 unspecified atom stereocenters. The third-order valence-electron chi connectivity index (χ3n) is 3.66. The van der Waals surface area contributed by atoms with Gasteiger partial charge in [0.2, 0.25) is 10.0 Å². The minimum absolute atomic E-state index is 0.0523. The largest absolute Gasteiger partial charge is 0.313 e. The van der Waals surface area contributed by atoms with Crippen LogP contribution in [0.1, 0.15) is 37.3 Å². The molecule has 1 aliphatic rings. The Balaban J connectivity index is 2.19. The maximum Gasteiger partial charge on any atom is 0.240 e. The predicted octanol–water partition coefficient (Wildman–Crippen LogP) is 2.32. The van der Waals surface area contributed by atoms with Crippen molar-refractivity contribution in [3.63, 3.8) is 0 Å². The van der Waals surface area contributed by atoms with Crippen LogP contribution in [-0.4, -0.2) is 21.5 Å². The average molecular weight is 314 g/mol. The quantitative estimate of drug-likeness (QED) is 0.724. The second kappa shape index (κ2) is 6.85. The van der Waals surface area contributed by atoms with Gasteiger partial charge in [0.05, 0.1) is 4.90 Å². The molecule has 6 heteroatoms. The summed E-state index contributed by atoms with van der Waals surface area (Å²) in [6.07, 6.45) is 3.11. The molecule has 0 bridgehead atoms. The van der Waals surface area contributed by atoms with Crippen LogP contribution in [0.3, 0.4) is 0 Å². The summed E-state index contributed by atoms with van der Waals surface area (Å²) in [5.74, 6) is -0.0306. The predicted molar refractivity (Wildman–Crippen MR) is 81.0 cm³/mol. The molecule has 1 aromatic carbocycles. The summed E-state index contributed by atoms with van der Waals surface area (Å²) in [4.78, 5) is 0.0523. The Morgan fingerprint density at radius 2 is 2.05 bits per heavy atom. The van der Waals surface area contributed by atoms with Gasteiger partial charge in [-0.1, -0.05) is 6.92 Å². The van der Waals surface area contributed by atoms with E-state index in [1.165, 1.54) is 13.0 Å². The van der Waals surface area contributed by atoms with E-state index in [9.17, 15) is 12.8 Å². The third kappa shape index (κ3) is 4.49. The smallest absolute Gasteiger partial charge is 0.240 e. The maximum absolute atomic E-state index is 14.0. The molecule has 0 aromatic heterocycles. The zero-order valence-corrected chi connectivity index (χ0v) is 13.4. The highest BCUT2D eigenvalue weighted by Crippen LogP contribution is 2.28. The number of halogens is 1. The molecule has 0 heterocycles. The lowest BCUT2D eigenvalue weighted by molar-refractivity contribution is 0.569. The summed E-state index contributed by atoms with van der Waals surface area (Å²) in [6.45, 7) is 5.28. The minimum Gasteiger partial charge on any atom is -0.313 e. The van der Waals surface area contributed by atoms with Crippen molar-refractivity contribution in [2.45, 2.75) is 44.6 Å². The summed E-state index contributed by atoms with van der Waals surface area (Å²) >= 11 is 0. The van der Waals surface area contributed by atoms with Crippen molar-refractivity contribution in [1.82, 2.24) is 10.0 Å². The highest BCUT2D eigenvalue weighted by Gasteiger charge is 2.26. The molecule has 4 nitrogen and oxygen atoms in total. The van der Waals surface area contributed by atoms with Crippen molar-refractivity contribution in [3.8, 4) is 0 Å². The lowest BCUT2D eigenvalue weighted by Gasteiger charge is -2.12. The third-order valence-corrected chi connectivity index (χ3v) is 5.21. The van der Waals surface area contributed by atoms with Gasteiger partial charge in [-0.3, -0.25) is 0 Å². The van der Waals surface area contributed by atoms with Crippen molar-refractivity contribution in [3.05, 3.63) is 29.1 Å². The molecule has 0 aliphatic heterocycles. The molecule has 0 saturated heterocycles. The van der Waals surface area contributed by atoms with Gasteiger partial charge in [-0.25, -0.2) is 17.5 Å². The number of nitrogens with one attached hydrogen (secondary N) is 2.